The first-order chi connectivity index (χ1) is 13.2. The SMILES string of the molecule is CCCc1ccc(-c2ccc(-c3ccc(CCC4CCC4)s3)c(F)c2)cc1. The summed E-state index contributed by atoms with van der Waals surface area (Å²) in [5, 5.41) is 0. The van der Waals surface area contributed by atoms with Crippen molar-refractivity contribution in [2.75, 3.05) is 0 Å². The van der Waals surface area contributed by atoms with Crippen molar-refractivity contribution >= 4 is 11.3 Å². The van der Waals surface area contributed by atoms with Gasteiger partial charge in [-0.05, 0) is 66.1 Å². The van der Waals surface area contributed by atoms with Gasteiger partial charge in [0.1, 0.15) is 5.82 Å². The van der Waals surface area contributed by atoms with Crippen molar-refractivity contribution in [2.24, 2.45) is 5.92 Å². The first-order valence-electron chi connectivity index (χ1n) is 10.2. The molecule has 1 aliphatic carbocycles. The highest BCUT2D eigenvalue weighted by atomic mass is 32.1. The summed E-state index contributed by atoms with van der Waals surface area (Å²) in [5.41, 5.74) is 4.08. The van der Waals surface area contributed by atoms with Crippen molar-refractivity contribution in [1.82, 2.24) is 0 Å². The van der Waals surface area contributed by atoms with E-state index in [9.17, 15) is 4.39 Å². The molecule has 0 aliphatic heterocycles. The molecule has 1 aromatic heterocycles. The largest absolute Gasteiger partial charge is 0.206 e. The minimum atomic E-state index is -0.127. The van der Waals surface area contributed by atoms with Crippen LogP contribution in [0.1, 0.15) is 49.5 Å². The maximum atomic E-state index is 14.8. The molecule has 0 radical (unpaired) electrons. The van der Waals surface area contributed by atoms with Gasteiger partial charge in [-0.25, -0.2) is 4.39 Å². The Kier molecular flexibility index (Phi) is 5.73. The van der Waals surface area contributed by atoms with Crippen molar-refractivity contribution < 1.29 is 4.39 Å². The molecule has 4 rings (SSSR count). The van der Waals surface area contributed by atoms with Crippen molar-refractivity contribution in [3.63, 3.8) is 0 Å². The highest BCUT2D eigenvalue weighted by Crippen LogP contribution is 2.35. The molecule has 2 aromatic carbocycles. The first kappa shape index (κ1) is 18.4. The van der Waals surface area contributed by atoms with E-state index in [0.717, 1.165) is 46.7 Å². The number of aryl methyl sites for hydroxylation is 2. The number of thiophene rings is 1. The van der Waals surface area contributed by atoms with Gasteiger partial charge in [0.15, 0.2) is 0 Å². The highest BCUT2D eigenvalue weighted by molar-refractivity contribution is 7.15. The lowest BCUT2D eigenvalue weighted by Crippen LogP contribution is -2.11. The molecule has 140 valence electrons. The van der Waals surface area contributed by atoms with E-state index in [1.807, 2.05) is 12.1 Å². The Labute approximate surface area is 166 Å². The van der Waals surface area contributed by atoms with Crippen molar-refractivity contribution in [3.05, 3.63) is 70.9 Å². The zero-order chi connectivity index (χ0) is 18.6. The van der Waals surface area contributed by atoms with Crippen LogP contribution in [0.15, 0.2) is 54.6 Å². The molecule has 0 unspecified atom stereocenters. The molecule has 1 saturated carbocycles. The smallest absolute Gasteiger partial charge is 0.132 e. The molecule has 0 amide bonds. The van der Waals surface area contributed by atoms with Gasteiger partial charge >= 0.3 is 0 Å². The standard InChI is InChI=1S/C25H27FS/c1-2-4-18-7-10-20(11-8-18)21-12-15-23(24(26)17-21)25-16-14-22(27-25)13-9-19-5-3-6-19/h7-8,10-12,14-17,19H,2-6,9,13H2,1H3. The van der Waals surface area contributed by atoms with Crippen LogP contribution < -0.4 is 0 Å². The number of halogens is 1. The molecule has 3 aromatic rings. The average molecular weight is 379 g/mol. The molecule has 2 heteroatoms. The minimum absolute atomic E-state index is 0.127. The lowest BCUT2D eigenvalue weighted by molar-refractivity contribution is 0.297. The van der Waals surface area contributed by atoms with Crippen molar-refractivity contribution in [3.8, 4) is 21.6 Å². The van der Waals surface area contributed by atoms with Gasteiger partial charge in [-0.1, -0.05) is 62.9 Å². The summed E-state index contributed by atoms with van der Waals surface area (Å²) in [6.45, 7) is 2.19. The Hall–Kier alpha value is -1.93. The maximum absolute atomic E-state index is 14.8. The number of hydrogen-bond acceptors (Lipinski definition) is 1. The molecular weight excluding hydrogens is 351 g/mol. The Morgan fingerprint density at radius 2 is 1.70 bits per heavy atom. The summed E-state index contributed by atoms with van der Waals surface area (Å²) in [6, 6.07) is 18.4. The summed E-state index contributed by atoms with van der Waals surface area (Å²) in [7, 11) is 0. The van der Waals surface area contributed by atoms with Crippen LogP contribution in [0.2, 0.25) is 0 Å². The fourth-order valence-electron chi connectivity index (χ4n) is 3.83. The van der Waals surface area contributed by atoms with E-state index < -0.39 is 0 Å². The molecule has 1 fully saturated rings. The van der Waals surface area contributed by atoms with Gasteiger partial charge in [0, 0.05) is 15.3 Å². The van der Waals surface area contributed by atoms with Crippen molar-refractivity contribution in [2.45, 2.75) is 51.9 Å². The quantitative estimate of drug-likeness (QED) is 0.392. The fourth-order valence-corrected chi connectivity index (χ4v) is 4.88. The summed E-state index contributed by atoms with van der Waals surface area (Å²) < 4.78 is 14.8. The first-order valence-corrected chi connectivity index (χ1v) is 11.0. The third-order valence-corrected chi connectivity index (χ3v) is 6.92. The normalized spacial score (nSPS) is 14.3. The predicted octanol–water partition coefficient (Wildman–Crippen LogP) is 7.91. The minimum Gasteiger partial charge on any atom is -0.206 e. The summed E-state index contributed by atoms with van der Waals surface area (Å²) >= 11 is 1.75. The lowest BCUT2D eigenvalue weighted by Gasteiger charge is -2.24. The average Bonchev–Trinajstić information content (AvgIpc) is 3.10. The molecule has 0 N–H and O–H groups in total. The molecule has 1 heterocycles. The van der Waals surface area contributed by atoms with E-state index in [1.54, 1.807) is 17.4 Å². The Morgan fingerprint density at radius 1 is 0.926 bits per heavy atom. The van der Waals surface area contributed by atoms with Gasteiger partial charge in [-0.15, -0.1) is 11.3 Å². The third-order valence-electron chi connectivity index (χ3n) is 5.75. The molecule has 0 saturated heterocycles. The zero-order valence-corrected chi connectivity index (χ0v) is 16.8. The van der Waals surface area contributed by atoms with Crippen LogP contribution >= 0.6 is 11.3 Å². The molecule has 1 aliphatic rings. The second-order valence-corrected chi connectivity index (χ2v) is 8.91. The van der Waals surface area contributed by atoms with E-state index in [0.29, 0.717) is 0 Å². The van der Waals surface area contributed by atoms with Gasteiger partial charge in [0.05, 0.1) is 0 Å². The Bertz CT molecular complexity index is 887. The molecule has 0 spiro atoms. The molecular formula is C25H27FS. The third kappa shape index (κ3) is 4.32. The van der Waals surface area contributed by atoms with E-state index in [1.165, 1.54) is 36.1 Å². The van der Waals surface area contributed by atoms with E-state index in [-0.39, 0.29) is 5.82 Å². The number of rotatable bonds is 7. The second-order valence-electron chi connectivity index (χ2n) is 7.74. The van der Waals surface area contributed by atoms with E-state index in [4.69, 9.17) is 0 Å². The molecule has 0 nitrogen and oxygen atoms in total. The van der Waals surface area contributed by atoms with Crippen LogP contribution in [0.25, 0.3) is 21.6 Å². The molecule has 0 atom stereocenters. The van der Waals surface area contributed by atoms with Gasteiger partial charge < -0.3 is 0 Å². The lowest BCUT2D eigenvalue weighted by atomic mass is 9.82. The van der Waals surface area contributed by atoms with Gasteiger partial charge in [0.2, 0.25) is 0 Å². The van der Waals surface area contributed by atoms with E-state index >= 15 is 0 Å². The fraction of sp³-hybridized carbons (Fsp3) is 0.360. The van der Waals surface area contributed by atoms with Crippen LogP contribution in [0.3, 0.4) is 0 Å². The summed E-state index contributed by atoms with van der Waals surface area (Å²) in [4.78, 5) is 2.42. The maximum Gasteiger partial charge on any atom is 0.132 e. The topological polar surface area (TPSA) is 0 Å². The van der Waals surface area contributed by atoms with Crippen LogP contribution in [-0.4, -0.2) is 0 Å². The zero-order valence-electron chi connectivity index (χ0n) is 16.0. The van der Waals surface area contributed by atoms with Crippen LogP contribution in [0, 0.1) is 11.7 Å². The van der Waals surface area contributed by atoms with E-state index in [2.05, 4.69) is 43.3 Å². The summed E-state index contributed by atoms with van der Waals surface area (Å²) in [6.07, 6.45) is 8.86. The molecule has 27 heavy (non-hydrogen) atoms. The van der Waals surface area contributed by atoms with Crippen LogP contribution in [0.5, 0.6) is 0 Å². The van der Waals surface area contributed by atoms with Gasteiger partial charge in [-0.2, -0.15) is 0 Å². The van der Waals surface area contributed by atoms with Crippen LogP contribution in [-0.2, 0) is 12.8 Å². The predicted molar refractivity (Wildman–Crippen MR) is 115 cm³/mol. The van der Waals surface area contributed by atoms with Crippen molar-refractivity contribution in [1.29, 1.82) is 0 Å². The summed E-state index contributed by atoms with van der Waals surface area (Å²) in [5.74, 6) is 0.799. The second kappa shape index (κ2) is 8.39. The Balaban J connectivity index is 1.48. The number of hydrogen-bond donors (Lipinski definition) is 0. The Morgan fingerprint density at radius 3 is 2.37 bits per heavy atom. The number of benzene rings is 2. The van der Waals surface area contributed by atoms with Gasteiger partial charge in [0.25, 0.3) is 0 Å². The van der Waals surface area contributed by atoms with Crippen LogP contribution in [0.4, 0.5) is 4.39 Å². The monoisotopic (exact) mass is 378 g/mol. The molecule has 0 bridgehead atoms. The van der Waals surface area contributed by atoms with Gasteiger partial charge in [-0.3, -0.25) is 0 Å². The highest BCUT2D eigenvalue weighted by Gasteiger charge is 2.17.